The number of rotatable bonds is 6. The fourth-order valence-corrected chi connectivity index (χ4v) is 3.74. The van der Waals surface area contributed by atoms with Crippen LogP contribution in [-0.4, -0.2) is 31.4 Å². The highest BCUT2D eigenvalue weighted by molar-refractivity contribution is 7.89. The van der Waals surface area contributed by atoms with Crippen LogP contribution in [0, 0.1) is 19.8 Å². The van der Waals surface area contributed by atoms with Crippen LogP contribution in [0.1, 0.15) is 35.7 Å². The van der Waals surface area contributed by atoms with Gasteiger partial charge in [0.05, 0.1) is 0 Å². The lowest BCUT2D eigenvalue weighted by atomic mass is 10.1. The monoisotopic (exact) mass is 318 g/mol. The minimum atomic E-state index is -4.26. The number of hydrogen-bond donors (Lipinski definition) is 3. The number of aryl methyl sites for hydroxylation is 2. The lowest BCUT2D eigenvalue weighted by Crippen LogP contribution is -2.47. The fraction of sp³-hybridized carbons (Fsp3) is 0.500. The largest absolute Gasteiger partial charge is 0.478 e. The van der Waals surface area contributed by atoms with Gasteiger partial charge in [0.25, 0.3) is 0 Å². The summed E-state index contributed by atoms with van der Waals surface area (Å²) in [5.41, 5.74) is 4.71. The number of carbonyl (C=O) groups excluding carboxylic acids is 1. The number of nitrogens with one attached hydrogen (secondary N) is 1. The van der Waals surface area contributed by atoms with Gasteiger partial charge in [0, 0.05) is 0 Å². The van der Waals surface area contributed by atoms with E-state index in [4.69, 9.17) is 15.3 Å². The number of amides is 1. The molecule has 0 aromatic carbocycles. The zero-order chi connectivity index (χ0) is 16.5. The Morgan fingerprint density at radius 2 is 1.76 bits per heavy atom. The maximum atomic E-state index is 12.4. The standard InChI is InChI=1S/C12H18N2O6S/c1-5(2)9(11(13)15)14-21(18,19)10-7(4)20-6(3)8(10)12(16)17/h5,9,14H,1-4H3,(H2,13,15)(H,16,17). The molecule has 0 aliphatic heterocycles. The van der Waals surface area contributed by atoms with Crippen LogP contribution in [0.4, 0.5) is 0 Å². The van der Waals surface area contributed by atoms with E-state index >= 15 is 0 Å². The third kappa shape index (κ3) is 3.42. The van der Waals surface area contributed by atoms with E-state index in [9.17, 15) is 18.0 Å². The van der Waals surface area contributed by atoms with E-state index in [1.54, 1.807) is 13.8 Å². The number of hydrogen-bond acceptors (Lipinski definition) is 5. The fourth-order valence-electron chi connectivity index (χ4n) is 1.98. The molecule has 118 valence electrons. The van der Waals surface area contributed by atoms with Gasteiger partial charge in [-0.3, -0.25) is 4.79 Å². The van der Waals surface area contributed by atoms with Crippen molar-refractivity contribution in [2.75, 3.05) is 0 Å². The van der Waals surface area contributed by atoms with Crippen molar-refractivity contribution in [3.05, 3.63) is 17.1 Å². The molecule has 0 saturated heterocycles. The molecule has 1 atom stereocenters. The Hall–Kier alpha value is -1.87. The summed E-state index contributed by atoms with van der Waals surface area (Å²) in [4.78, 5) is 22.0. The smallest absolute Gasteiger partial charge is 0.340 e. The van der Waals surface area contributed by atoms with Gasteiger partial charge in [-0.05, 0) is 19.8 Å². The summed E-state index contributed by atoms with van der Waals surface area (Å²) in [6.45, 7) is 5.92. The summed E-state index contributed by atoms with van der Waals surface area (Å²) in [7, 11) is -4.26. The molecule has 0 spiro atoms. The molecule has 0 bridgehead atoms. The molecular formula is C12H18N2O6S. The average molecular weight is 318 g/mol. The van der Waals surface area contributed by atoms with Crippen molar-refractivity contribution in [2.24, 2.45) is 11.7 Å². The summed E-state index contributed by atoms with van der Waals surface area (Å²) < 4.78 is 31.9. The van der Waals surface area contributed by atoms with E-state index < -0.39 is 38.4 Å². The van der Waals surface area contributed by atoms with Crippen LogP contribution >= 0.6 is 0 Å². The highest BCUT2D eigenvalue weighted by Crippen LogP contribution is 2.27. The molecule has 9 heteroatoms. The first-order valence-corrected chi connectivity index (χ1v) is 7.62. The van der Waals surface area contributed by atoms with Gasteiger partial charge in [-0.1, -0.05) is 13.8 Å². The van der Waals surface area contributed by atoms with Crippen LogP contribution < -0.4 is 10.5 Å². The van der Waals surface area contributed by atoms with Crippen molar-refractivity contribution < 1.29 is 27.5 Å². The highest BCUT2D eigenvalue weighted by atomic mass is 32.2. The van der Waals surface area contributed by atoms with Crippen LogP contribution in [0.5, 0.6) is 0 Å². The first kappa shape index (κ1) is 17.2. The van der Waals surface area contributed by atoms with Gasteiger partial charge >= 0.3 is 5.97 Å². The quantitative estimate of drug-likeness (QED) is 0.693. The van der Waals surface area contributed by atoms with Crippen molar-refractivity contribution >= 4 is 21.9 Å². The van der Waals surface area contributed by atoms with Crippen LogP contribution in [0.2, 0.25) is 0 Å². The van der Waals surface area contributed by atoms with Gasteiger partial charge < -0.3 is 15.3 Å². The summed E-state index contributed by atoms with van der Waals surface area (Å²) in [6.07, 6.45) is 0. The predicted molar refractivity (Wildman–Crippen MR) is 73.3 cm³/mol. The van der Waals surface area contributed by atoms with E-state index in [2.05, 4.69) is 4.72 Å². The van der Waals surface area contributed by atoms with E-state index in [1.807, 2.05) is 0 Å². The molecule has 8 nitrogen and oxygen atoms in total. The van der Waals surface area contributed by atoms with Crippen molar-refractivity contribution in [3.63, 3.8) is 0 Å². The molecule has 1 aromatic heterocycles. The third-order valence-electron chi connectivity index (χ3n) is 2.94. The van der Waals surface area contributed by atoms with Crippen molar-refractivity contribution in [2.45, 2.75) is 38.6 Å². The number of nitrogens with two attached hydrogens (primary N) is 1. The Balaban J connectivity index is 3.39. The molecule has 0 fully saturated rings. The first-order chi connectivity index (χ1) is 9.49. The van der Waals surface area contributed by atoms with Crippen LogP contribution in [0.25, 0.3) is 0 Å². The minimum Gasteiger partial charge on any atom is -0.478 e. The Bertz CT molecular complexity index is 674. The number of primary amides is 1. The highest BCUT2D eigenvalue weighted by Gasteiger charge is 2.34. The summed E-state index contributed by atoms with van der Waals surface area (Å²) >= 11 is 0. The SMILES string of the molecule is Cc1oc(C)c(S(=O)(=O)NC(C(N)=O)C(C)C)c1C(=O)O. The van der Waals surface area contributed by atoms with Gasteiger partial charge in [0.2, 0.25) is 15.9 Å². The van der Waals surface area contributed by atoms with E-state index in [1.165, 1.54) is 13.8 Å². The zero-order valence-corrected chi connectivity index (χ0v) is 12.9. The number of carboxylic acids is 1. The molecule has 1 heterocycles. The van der Waals surface area contributed by atoms with E-state index in [0.29, 0.717) is 0 Å². The zero-order valence-electron chi connectivity index (χ0n) is 12.1. The second-order valence-electron chi connectivity index (χ2n) is 4.97. The van der Waals surface area contributed by atoms with Gasteiger partial charge in [-0.15, -0.1) is 0 Å². The molecule has 1 unspecified atom stereocenters. The second kappa shape index (κ2) is 5.86. The number of sulfonamides is 1. The maximum absolute atomic E-state index is 12.4. The Morgan fingerprint density at radius 1 is 1.24 bits per heavy atom. The summed E-state index contributed by atoms with van der Waals surface area (Å²) in [5, 5.41) is 9.13. The molecule has 1 amide bonds. The van der Waals surface area contributed by atoms with Gasteiger partial charge in [0.15, 0.2) is 0 Å². The lowest BCUT2D eigenvalue weighted by Gasteiger charge is -2.18. The van der Waals surface area contributed by atoms with E-state index in [-0.39, 0.29) is 17.4 Å². The van der Waals surface area contributed by atoms with Gasteiger partial charge in [-0.25, -0.2) is 13.2 Å². The first-order valence-electron chi connectivity index (χ1n) is 6.14. The van der Waals surface area contributed by atoms with Crippen molar-refractivity contribution in [3.8, 4) is 0 Å². The molecule has 1 aromatic rings. The molecule has 0 saturated carbocycles. The molecule has 21 heavy (non-hydrogen) atoms. The topological polar surface area (TPSA) is 140 Å². The summed E-state index contributed by atoms with van der Waals surface area (Å²) in [5.74, 6) is -2.75. The molecular weight excluding hydrogens is 300 g/mol. The molecule has 0 aliphatic rings. The maximum Gasteiger partial charge on any atom is 0.340 e. The van der Waals surface area contributed by atoms with Crippen molar-refractivity contribution in [1.29, 1.82) is 0 Å². The minimum absolute atomic E-state index is 0.0273. The second-order valence-corrected chi connectivity index (χ2v) is 6.62. The Labute approximate surface area is 122 Å². The number of carboxylic acid groups (broad SMARTS) is 1. The van der Waals surface area contributed by atoms with Gasteiger partial charge in [-0.2, -0.15) is 4.72 Å². The molecule has 1 rings (SSSR count). The molecule has 0 radical (unpaired) electrons. The Kier molecular flexibility index (Phi) is 4.79. The summed E-state index contributed by atoms with van der Waals surface area (Å²) in [6, 6.07) is -1.15. The van der Waals surface area contributed by atoms with Crippen LogP contribution in [0.15, 0.2) is 9.31 Å². The third-order valence-corrected chi connectivity index (χ3v) is 4.54. The van der Waals surface area contributed by atoms with Crippen LogP contribution in [-0.2, 0) is 14.8 Å². The normalized spacial score (nSPS) is 13.4. The average Bonchev–Trinajstić information content (AvgIpc) is 2.61. The number of carbonyl (C=O) groups is 2. The molecule has 4 N–H and O–H groups in total. The Morgan fingerprint density at radius 3 is 2.14 bits per heavy atom. The number of furan rings is 1. The molecule has 0 aliphatic carbocycles. The van der Waals surface area contributed by atoms with E-state index in [0.717, 1.165) is 0 Å². The number of aromatic carboxylic acids is 1. The van der Waals surface area contributed by atoms with Gasteiger partial charge in [0.1, 0.15) is 28.0 Å². The van der Waals surface area contributed by atoms with Crippen molar-refractivity contribution in [1.82, 2.24) is 4.72 Å². The predicted octanol–water partition coefficient (Wildman–Crippen LogP) is 0.383. The van der Waals surface area contributed by atoms with Crippen LogP contribution in [0.3, 0.4) is 0 Å². The lowest BCUT2D eigenvalue weighted by molar-refractivity contribution is -0.120.